The zero-order chi connectivity index (χ0) is 10.8. The Morgan fingerprint density at radius 2 is 2.27 bits per heavy atom. The fraction of sp³-hybridized carbons (Fsp3) is 0.364. The molecule has 0 spiro atoms. The second-order valence-corrected chi connectivity index (χ2v) is 4.11. The summed E-state index contributed by atoms with van der Waals surface area (Å²) in [6.45, 7) is 2.10. The summed E-state index contributed by atoms with van der Waals surface area (Å²) in [5.74, 6) is 0. The highest BCUT2D eigenvalue weighted by Gasteiger charge is 2.23. The van der Waals surface area contributed by atoms with Gasteiger partial charge in [0.1, 0.15) is 0 Å². The smallest absolute Gasteiger partial charge is 0.319 e. The average Bonchev–Trinajstić information content (AvgIpc) is 2.19. The number of rotatable bonds is 2. The molecule has 0 radical (unpaired) electrons. The highest BCUT2D eigenvalue weighted by molar-refractivity contribution is 6.30. The molecule has 2 rings (SSSR count). The molecule has 0 saturated carbocycles. The number of anilines is 1. The Kier molecular flexibility index (Phi) is 2.82. The molecular weight excluding hydrogens is 212 g/mol. The van der Waals surface area contributed by atoms with Crippen LogP contribution in [0, 0.1) is 0 Å². The molecule has 1 aromatic carbocycles. The van der Waals surface area contributed by atoms with Gasteiger partial charge >= 0.3 is 6.03 Å². The fourth-order valence-electron chi connectivity index (χ4n) is 1.85. The highest BCUT2D eigenvalue weighted by atomic mass is 35.5. The summed E-state index contributed by atoms with van der Waals surface area (Å²) in [6.07, 6.45) is 1.96. The van der Waals surface area contributed by atoms with Gasteiger partial charge in [-0.1, -0.05) is 24.9 Å². The lowest BCUT2D eigenvalue weighted by atomic mass is 9.99. The molecule has 80 valence electrons. The van der Waals surface area contributed by atoms with Crippen LogP contribution in [0.15, 0.2) is 18.2 Å². The van der Waals surface area contributed by atoms with Crippen LogP contribution in [0.1, 0.15) is 31.4 Å². The molecule has 2 amide bonds. The third-order valence-corrected chi connectivity index (χ3v) is 2.76. The second kappa shape index (κ2) is 4.11. The average molecular weight is 225 g/mol. The molecule has 0 aromatic heterocycles. The van der Waals surface area contributed by atoms with Gasteiger partial charge in [0.25, 0.3) is 0 Å². The van der Waals surface area contributed by atoms with Gasteiger partial charge in [-0.05, 0) is 30.2 Å². The first-order valence-electron chi connectivity index (χ1n) is 5.07. The predicted octanol–water partition coefficient (Wildman–Crippen LogP) is 3.32. The Morgan fingerprint density at radius 3 is 3.00 bits per heavy atom. The quantitative estimate of drug-likeness (QED) is 0.795. The minimum absolute atomic E-state index is 0.0810. The number of halogens is 1. The third kappa shape index (κ3) is 2.07. The van der Waals surface area contributed by atoms with E-state index in [0.29, 0.717) is 5.02 Å². The van der Waals surface area contributed by atoms with Crippen molar-refractivity contribution in [2.45, 2.75) is 25.8 Å². The van der Waals surface area contributed by atoms with E-state index in [2.05, 4.69) is 17.6 Å². The van der Waals surface area contributed by atoms with Crippen LogP contribution in [0.25, 0.3) is 0 Å². The van der Waals surface area contributed by atoms with E-state index in [0.717, 1.165) is 24.1 Å². The maximum atomic E-state index is 11.3. The molecule has 1 aliphatic rings. The maximum absolute atomic E-state index is 11.3. The van der Waals surface area contributed by atoms with Gasteiger partial charge in [0.15, 0.2) is 0 Å². The molecule has 2 N–H and O–H groups in total. The lowest BCUT2D eigenvalue weighted by molar-refractivity contribution is 0.246. The number of hydrogen-bond acceptors (Lipinski definition) is 1. The minimum Gasteiger partial charge on any atom is -0.331 e. The molecule has 0 saturated heterocycles. The zero-order valence-corrected chi connectivity index (χ0v) is 9.27. The van der Waals surface area contributed by atoms with E-state index in [1.165, 1.54) is 0 Å². The van der Waals surface area contributed by atoms with E-state index >= 15 is 0 Å². The minimum atomic E-state index is -0.136. The molecule has 0 aliphatic carbocycles. The van der Waals surface area contributed by atoms with Crippen molar-refractivity contribution < 1.29 is 4.79 Å². The predicted molar refractivity (Wildman–Crippen MR) is 61.3 cm³/mol. The molecule has 1 atom stereocenters. The Labute approximate surface area is 93.8 Å². The first kappa shape index (κ1) is 10.3. The molecule has 1 aliphatic heterocycles. The molecular formula is C11H13ClN2O. The lowest BCUT2D eigenvalue weighted by Gasteiger charge is -2.27. The maximum Gasteiger partial charge on any atom is 0.319 e. The number of hydrogen-bond donors (Lipinski definition) is 2. The largest absolute Gasteiger partial charge is 0.331 e. The topological polar surface area (TPSA) is 41.1 Å². The normalized spacial score (nSPS) is 19.1. The molecule has 15 heavy (non-hydrogen) atoms. The van der Waals surface area contributed by atoms with E-state index < -0.39 is 0 Å². The molecule has 4 heteroatoms. The summed E-state index contributed by atoms with van der Waals surface area (Å²) in [5, 5.41) is 6.36. The van der Waals surface area contributed by atoms with E-state index in [4.69, 9.17) is 11.6 Å². The number of carbonyl (C=O) groups is 1. The van der Waals surface area contributed by atoms with Crippen LogP contribution in [0.3, 0.4) is 0 Å². The van der Waals surface area contributed by atoms with Crippen molar-refractivity contribution in [3.8, 4) is 0 Å². The number of carbonyl (C=O) groups excluding carboxylic acids is 1. The number of benzene rings is 1. The standard InChI is InChI=1S/C11H13ClN2O/c1-2-3-9-8-6-7(12)4-5-10(8)14-11(15)13-9/h4-6,9H,2-3H2,1H3,(H2,13,14,15). The summed E-state index contributed by atoms with van der Waals surface area (Å²) < 4.78 is 0. The summed E-state index contributed by atoms with van der Waals surface area (Å²) in [6, 6.07) is 5.48. The van der Waals surface area contributed by atoms with E-state index in [1.807, 2.05) is 12.1 Å². The van der Waals surface area contributed by atoms with Crippen molar-refractivity contribution in [2.24, 2.45) is 0 Å². The van der Waals surface area contributed by atoms with Crippen LogP contribution < -0.4 is 10.6 Å². The van der Waals surface area contributed by atoms with Crippen molar-refractivity contribution >= 4 is 23.3 Å². The summed E-state index contributed by atoms with van der Waals surface area (Å²) in [7, 11) is 0. The van der Waals surface area contributed by atoms with Gasteiger partial charge in [-0.15, -0.1) is 0 Å². The lowest BCUT2D eigenvalue weighted by Crippen LogP contribution is -2.37. The van der Waals surface area contributed by atoms with Crippen LogP contribution in [-0.2, 0) is 0 Å². The Balaban J connectivity index is 2.38. The number of nitrogens with one attached hydrogen (secondary N) is 2. The summed E-state index contributed by atoms with van der Waals surface area (Å²) >= 11 is 5.94. The summed E-state index contributed by atoms with van der Waals surface area (Å²) in [5.41, 5.74) is 1.94. The van der Waals surface area contributed by atoms with E-state index in [9.17, 15) is 4.79 Å². The second-order valence-electron chi connectivity index (χ2n) is 3.67. The van der Waals surface area contributed by atoms with Crippen molar-refractivity contribution in [2.75, 3.05) is 5.32 Å². The molecule has 0 bridgehead atoms. The Bertz CT molecular complexity index is 392. The monoisotopic (exact) mass is 224 g/mol. The van der Waals surface area contributed by atoms with Crippen LogP contribution in [0.2, 0.25) is 5.02 Å². The van der Waals surface area contributed by atoms with Crippen molar-refractivity contribution in [1.82, 2.24) is 5.32 Å². The van der Waals surface area contributed by atoms with Crippen molar-refractivity contribution in [3.63, 3.8) is 0 Å². The van der Waals surface area contributed by atoms with Gasteiger partial charge in [0.05, 0.1) is 6.04 Å². The van der Waals surface area contributed by atoms with E-state index in [-0.39, 0.29) is 12.1 Å². The Hall–Kier alpha value is -1.22. The van der Waals surface area contributed by atoms with Gasteiger partial charge in [0.2, 0.25) is 0 Å². The van der Waals surface area contributed by atoms with Crippen LogP contribution >= 0.6 is 11.6 Å². The molecule has 1 heterocycles. The van der Waals surface area contributed by atoms with Gasteiger partial charge in [-0.2, -0.15) is 0 Å². The van der Waals surface area contributed by atoms with Crippen LogP contribution in [0.5, 0.6) is 0 Å². The van der Waals surface area contributed by atoms with Gasteiger partial charge in [-0.3, -0.25) is 0 Å². The molecule has 3 nitrogen and oxygen atoms in total. The van der Waals surface area contributed by atoms with Gasteiger partial charge in [-0.25, -0.2) is 4.79 Å². The zero-order valence-electron chi connectivity index (χ0n) is 8.51. The van der Waals surface area contributed by atoms with Crippen LogP contribution in [0.4, 0.5) is 10.5 Å². The number of amides is 2. The molecule has 1 aromatic rings. The van der Waals surface area contributed by atoms with E-state index in [1.54, 1.807) is 6.07 Å². The molecule has 0 fully saturated rings. The molecule has 1 unspecified atom stereocenters. The van der Waals surface area contributed by atoms with Crippen molar-refractivity contribution in [1.29, 1.82) is 0 Å². The van der Waals surface area contributed by atoms with Crippen LogP contribution in [-0.4, -0.2) is 6.03 Å². The summed E-state index contributed by atoms with van der Waals surface area (Å²) in [4.78, 5) is 11.3. The number of urea groups is 1. The number of fused-ring (bicyclic) bond motifs is 1. The Morgan fingerprint density at radius 1 is 1.47 bits per heavy atom. The highest BCUT2D eigenvalue weighted by Crippen LogP contribution is 2.31. The first-order chi connectivity index (χ1) is 7.20. The van der Waals surface area contributed by atoms with Crippen molar-refractivity contribution in [3.05, 3.63) is 28.8 Å². The SMILES string of the molecule is CCCC1NC(=O)Nc2ccc(Cl)cc21. The first-order valence-corrected chi connectivity index (χ1v) is 5.45. The van der Waals surface area contributed by atoms with Gasteiger partial charge in [0, 0.05) is 10.7 Å². The van der Waals surface area contributed by atoms with Gasteiger partial charge < -0.3 is 10.6 Å². The fourth-order valence-corrected chi connectivity index (χ4v) is 2.03. The third-order valence-electron chi connectivity index (χ3n) is 2.52.